The highest BCUT2D eigenvalue weighted by molar-refractivity contribution is 5.71. The van der Waals surface area contributed by atoms with Gasteiger partial charge in [-0.1, -0.05) is 0 Å². The van der Waals surface area contributed by atoms with Gasteiger partial charge in [-0.25, -0.2) is 4.79 Å². The molecule has 1 fully saturated rings. The van der Waals surface area contributed by atoms with Gasteiger partial charge >= 0.3 is 5.97 Å². The number of quaternary nitrogens is 1. The fourth-order valence-electron chi connectivity index (χ4n) is 2.05. The molecule has 0 aromatic heterocycles. The number of hydrogen-bond donors (Lipinski definition) is 2. The molecule has 1 unspecified atom stereocenters. The maximum absolute atomic E-state index is 10.9. The Labute approximate surface area is 79.1 Å². The summed E-state index contributed by atoms with van der Waals surface area (Å²) in [5, 5.41) is 12.3. The van der Waals surface area contributed by atoms with Crippen molar-refractivity contribution < 1.29 is 14.4 Å². The number of aliphatic carboxylic acids is 1. The van der Waals surface area contributed by atoms with E-state index in [9.17, 15) is 4.79 Å². The molecule has 0 saturated carbocycles. The van der Waals surface area contributed by atoms with Crippen molar-refractivity contribution in [1.82, 2.24) is 5.32 Å². The van der Waals surface area contributed by atoms with Crippen molar-refractivity contribution >= 4 is 5.97 Å². The van der Waals surface area contributed by atoms with Crippen LogP contribution in [0, 0.1) is 0 Å². The molecule has 4 heteroatoms. The van der Waals surface area contributed by atoms with Crippen molar-refractivity contribution in [3.05, 3.63) is 0 Å². The van der Waals surface area contributed by atoms with Crippen LogP contribution in [0.4, 0.5) is 0 Å². The number of carboxylic acids is 1. The smallest absolute Gasteiger partial charge is 0.362 e. The van der Waals surface area contributed by atoms with Gasteiger partial charge in [-0.3, -0.25) is 0 Å². The SMILES string of the molecule is CC[N+]1(C(C)C(=O)O)CCNCC1. The van der Waals surface area contributed by atoms with Crippen LogP contribution in [0.15, 0.2) is 0 Å². The van der Waals surface area contributed by atoms with E-state index < -0.39 is 5.97 Å². The normalized spacial score (nSPS) is 23.8. The van der Waals surface area contributed by atoms with Gasteiger partial charge in [0.15, 0.2) is 6.04 Å². The molecule has 1 rings (SSSR count). The van der Waals surface area contributed by atoms with Crippen LogP contribution in [0.25, 0.3) is 0 Å². The van der Waals surface area contributed by atoms with Crippen LogP contribution in [0.2, 0.25) is 0 Å². The molecule has 0 spiro atoms. The summed E-state index contributed by atoms with van der Waals surface area (Å²) in [6.07, 6.45) is 0. The van der Waals surface area contributed by atoms with Crippen LogP contribution in [-0.4, -0.2) is 54.3 Å². The third-order valence-electron chi connectivity index (χ3n) is 3.28. The fourth-order valence-corrected chi connectivity index (χ4v) is 2.05. The van der Waals surface area contributed by atoms with Crippen LogP contribution in [0.1, 0.15) is 13.8 Å². The Hall–Kier alpha value is -0.610. The summed E-state index contributed by atoms with van der Waals surface area (Å²) in [6.45, 7) is 8.54. The Morgan fingerprint density at radius 1 is 1.54 bits per heavy atom. The second kappa shape index (κ2) is 4.07. The summed E-state index contributed by atoms with van der Waals surface area (Å²) in [7, 11) is 0. The Morgan fingerprint density at radius 2 is 2.08 bits per heavy atom. The fraction of sp³-hybridized carbons (Fsp3) is 0.889. The molecular formula is C9H19N2O2+. The number of likely N-dealkylation sites (N-methyl/N-ethyl adjacent to an activating group) is 1. The highest BCUT2D eigenvalue weighted by atomic mass is 16.4. The largest absolute Gasteiger partial charge is 0.477 e. The maximum Gasteiger partial charge on any atom is 0.362 e. The van der Waals surface area contributed by atoms with Gasteiger partial charge in [0.1, 0.15) is 0 Å². The molecule has 0 aliphatic carbocycles. The van der Waals surface area contributed by atoms with E-state index in [0.29, 0.717) is 0 Å². The second-order valence-electron chi connectivity index (χ2n) is 3.75. The van der Waals surface area contributed by atoms with E-state index in [1.165, 1.54) is 0 Å². The minimum atomic E-state index is -0.677. The molecule has 4 nitrogen and oxygen atoms in total. The number of carbonyl (C=O) groups is 1. The summed E-state index contributed by atoms with van der Waals surface area (Å²) in [6, 6.07) is -0.271. The van der Waals surface area contributed by atoms with Crippen LogP contribution in [-0.2, 0) is 4.79 Å². The zero-order valence-corrected chi connectivity index (χ0v) is 8.42. The Morgan fingerprint density at radius 3 is 2.46 bits per heavy atom. The molecule has 76 valence electrons. The second-order valence-corrected chi connectivity index (χ2v) is 3.75. The first-order valence-electron chi connectivity index (χ1n) is 4.91. The van der Waals surface area contributed by atoms with Gasteiger partial charge in [0.2, 0.25) is 0 Å². The van der Waals surface area contributed by atoms with Gasteiger partial charge in [0.05, 0.1) is 19.6 Å². The summed E-state index contributed by atoms with van der Waals surface area (Å²) < 4.78 is 0.725. The van der Waals surface area contributed by atoms with E-state index in [2.05, 4.69) is 12.2 Å². The van der Waals surface area contributed by atoms with E-state index in [-0.39, 0.29) is 6.04 Å². The number of rotatable bonds is 3. The molecule has 0 amide bonds. The third kappa shape index (κ3) is 2.00. The molecule has 1 saturated heterocycles. The highest BCUT2D eigenvalue weighted by Gasteiger charge is 2.38. The average molecular weight is 187 g/mol. The van der Waals surface area contributed by atoms with Gasteiger partial charge in [-0.15, -0.1) is 0 Å². The zero-order chi connectivity index (χ0) is 9.90. The standard InChI is InChI=1S/C9H18N2O2/c1-3-11(8(2)9(12)13)6-4-10-5-7-11/h8,10H,3-7H2,1-2H3/p+1. The van der Waals surface area contributed by atoms with Crippen molar-refractivity contribution in [2.24, 2.45) is 0 Å². The van der Waals surface area contributed by atoms with Gasteiger partial charge in [-0.2, -0.15) is 0 Å². The predicted octanol–water partition coefficient (Wildman–Crippen LogP) is -0.101. The van der Waals surface area contributed by atoms with Gasteiger partial charge in [0, 0.05) is 13.1 Å². The molecule has 1 heterocycles. The van der Waals surface area contributed by atoms with E-state index in [1.807, 2.05) is 6.92 Å². The molecule has 0 aromatic carbocycles. The molecule has 13 heavy (non-hydrogen) atoms. The lowest BCUT2D eigenvalue weighted by Crippen LogP contribution is -2.64. The summed E-state index contributed by atoms with van der Waals surface area (Å²) in [4.78, 5) is 10.9. The quantitative estimate of drug-likeness (QED) is 0.607. The molecule has 1 aliphatic rings. The Balaban J connectivity index is 2.72. The monoisotopic (exact) mass is 187 g/mol. The summed E-state index contributed by atoms with van der Waals surface area (Å²) in [5.74, 6) is -0.677. The van der Waals surface area contributed by atoms with Crippen LogP contribution in [0.5, 0.6) is 0 Å². The zero-order valence-electron chi connectivity index (χ0n) is 8.42. The summed E-state index contributed by atoms with van der Waals surface area (Å²) in [5.41, 5.74) is 0. The topological polar surface area (TPSA) is 49.3 Å². The molecule has 1 aliphatic heterocycles. The van der Waals surface area contributed by atoms with Crippen molar-refractivity contribution in [2.75, 3.05) is 32.7 Å². The number of nitrogens with zero attached hydrogens (tertiary/aromatic N) is 1. The first-order valence-corrected chi connectivity index (χ1v) is 4.91. The lowest BCUT2D eigenvalue weighted by Gasteiger charge is -2.43. The van der Waals surface area contributed by atoms with E-state index in [1.54, 1.807) is 0 Å². The number of nitrogens with one attached hydrogen (secondary N) is 1. The minimum Gasteiger partial charge on any atom is -0.477 e. The van der Waals surface area contributed by atoms with Crippen LogP contribution < -0.4 is 5.32 Å². The number of hydrogen-bond acceptors (Lipinski definition) is 2. The molecule has 0 bridgehead atoms. The predicted molar refractivity (Wildman–Crippen MR) is 50.5 cm³/mol. The van der Waals surface area contributed by atoms with E-state index in [0.717, 1.165) is 37.2 Å². The average Bonchev–Trinajstić information content (AvgIpc) is 2.17. The van der Waals surface area contributed by atoms with E-state index in [4.69, 9.17) is 5.11 Å². The molecule has 1 atom stereocenters. The van der Waals surface area contributed by atoms with Gasteiger partial charge in [-0.05, 0) is 13.8 Å². The lowest BCUT2D eigenvalue weighted by atomic mass is 10.1. The van der Waals surface area contributed by atoms with Gasteiger partial charge in [0.25, 0.3) is 0 Å². The number of piperazine rings is 1. The van der Waals surface area contributed by atoms with Crippen LogP contribution in [0.3, 0.4) is 0 Å². The number of carboxylic acid groups (broad SMARTS) is 1. The van der Waals surface area contributed by atoms with Crippen molar-refractivity contribution in [3.63, 3.8) is 0 Å². The van der Waals surface area contributed by atoms with Crippen molar-refractivity contribution in [3.8, 4) is 0 Å². The molecule has 2 N–H and O–H groups in total. The van der Waals surface area contributed by atoms with Crippen molar-refractivity contribution in [2.45, 2.75) is 19.9 Å². The molecule has 0 aromatic rings. The van der Waals surface area contributed by atoms with Gasteiger partial charge < -0.3 is 14.9 Å². The third-order valence-corrected chi connectivity index (χ3v) is 3.28. The van der Waals surface area contributed by atoms with E-state index >= 15 is 0 Å². The maximum atomic E-state index is 10.9. The lowest BCUT2D eigenvalue weighted by molar-refractivity contribution is -0.941. The molecule has 0 radical (unpaired) electrons. The molecular weight excluding hydrogens is 168 g/mol. The first kappa shape index (κ1) is 10.5. The van der Waals surface area contributed by atoms with Crippen molar-refractivity contribution in [1.29, 1.82) is 0 Å². The first-order chi connectivity index (χ1) is 6.12. The minimum absolute atomic E-state index is 0.271. The Bertz CT molecular complexity index is 188. The highest BCUT2D eigenvalue weighted by Crippen LogP contribution is 2.15. The summed E-state index contributed by atoms with van der Waals surface area (Å²) >= 11 is 0. The van der Waals surface area contributed by atoms with Crippen LogP contribution >= 0.6 is 0 Å². The Kier molecular flexibility index (Phi) is 3.27.